The number of carbonyl (C=O) groups excluding carboxylic acids is 2. The highest BCUT2D eigenvalue weighted by Crippen LogP contribution is 2.27. The van der Waals surface area contributed by atoms with E-state index in [1.54, 1.807) is 60.7 Å². The van der Waals surface area contributed by atoms with Gasteiger partial charge in [-0.05, 0) is 74.2 Å². The van der Waals surface area contributed by atoms with Gasteiger partial charge < -0.3 is 15.0 Å². The maximum absolute atomic E-state index is 14.2. The Morgan fingerprint density at radius 3 is 2.21 bits per heavy atom. The van der Waals surface area contributed by atoms with Gasteiger partial charge in [-0.15, -0.1) is 0 Å². The predicted molar refractivity (Wildman–Crippen MR) is 170 cm³/mol. The molecule has 0 heterocycles. The molecule has 8 nitrogen and oxygen atoms in total. The van der Waals surface area contributed by atoms with Gasteiger partial charge in [0, 0.05) is 17.6 Å². The van der Waals surface area contributed by atoms with Crippen molar-refractivity contribution in [2.24, 2.45) is 0 Å². The van der Waals surface area contributed by atoms with Crippen molar-refractivity contribution in [2.75, 3.05) is 17.5 Å². The number of nitrogens with one attached hydrogen (secondary N) is 1. The van der Waals surface area contributed by atoms with Gasteiger partial charge in [0.15, 0.2) is 0 Å². The van der Waals surface area contributed by atoms with E-state index < -0.39 is 28.5 Å². The van der Waals surface area contributed by atoms with Crippen LogP contribution in [-0.2, 0) is 26.2 Å². The van der Waals surface area contributed by atoms with Crippen molar-refractivity contribution in [3.05, 3.63) is 89.4 Å². The lowest BCUT2D eigenvalue weighted by Gasteiger charge is -2.34. The highest BCUT2D eigenvalue weighted by atomic mass is 35.5. The van der Waals surface area contributed by atoms with Crippen LogP contribution in [0.25, 0.3) is 0 Å². The number of benzene rings is 3. The van der Waals surface area contributed by atoms with E-state index in [0.717, 1.165) is 36.4 Å². The lowest BCUT2D eigenvalue weighted by Crippen LogP contribution is -2.54. The number of ether oxygens (including phenoxy) is 1. The van der Waals surface area contributed by atoms with Crippen molar-refractivity contribution < 1.29 is 22.7 Å². The Kier molecular flexibility index (Phi) is 11.5. The van der Waals surface area contributed by atoms with E-state index in [-0.39, 0.29) is 23.4 Å². The fourth-order valence-corrected chi connectivity index (χ4v) is 7.01. The summed E-state index contributed by atoms with van der Waals surface area (Å²) in [6.07, 6.45) is 5.43. The topological polar surface area (TPSA) is 96.0 Å². The number of rotatable bonds is 13. The minimum absolute atomic E-state index is 0.0207. The molecule has 1 N–H and O–H groups in total. The van der Waals surface area contributed by atoms with Gasteiger partial charge in [0.05, 0.1) is 17.2 Å². The van der Waals surface area contributed by atoms with Crippen LogP contribution in [0.3, 0.4) is 0 Å². The molecule has 43 heavy (non-hydrogen) atoms. The van der Waals surface area contributed by atoms with Crippen LogP contribution < -0.4 is 14.4 Å². The summed E-state index contributed by atoms with van der Waals surface area (Å²) in [5, 5.41) is 3.62. The van der Waals surface area contributed by atoms with Gasteiger partial charge in [-0.2, -0.15) is 0 Å². The van der Waals surface area contributed by atoms with Crippen LogP contribution in [0.15, 0.2) is 83.8 Å². The van der Waals surface area contributed by atoms with E-state index in [4.69, 9.17) is 16.3 Å². The monoisotopic (exact) mass is 625 g/mol. The Morgan fingerprint density at radius 2 is 1.58 bits per heavy atom. The number of anilines is 1. The molecule has 1 atom stereocenters. The summed E-state index contributed by atoms with van der Waals surface area (Å²) in [6.45, 7) is 3.70. The summed E-state index contributed by atoms with van der Waals surface area (Å²) in [5.41, 5.74) is 1.00. The number of sulfonamides is 1. The van der Waals surface area contributed by atoms with Gasteiger partial charge in [-0.1, -0.05) is 74.2 Å². The molecule has 0 bridgehead atoms. The van der Waals surface area contributed by atoms with Gasteiger partial charge in [0.1, 0.15) is 18.3 Å². The van der Waals surface area contributed by atoms with E-state index in [1.807, 2.05) is 19.9 Å². The number of para-hydroxylation sites is 1. The summed E-state index contributed by atoms with van der Waals surface area (Å²) in [7, 11) is -4.17. The van der Waals surface area contributed by atoms with Crippen molar-refractivity contribution in [2.45, 2.75) is 75.9 Å². The van der Waals surface area contributed by atoms with Gasteiger partial charge >= 0.3 is 0 Å². The standard InChI is InChI=1S/C33H40ClN3O5S/c1-3-31(33(39)35-26-14-7-5-8-15-26)36(23-25-13-11-12-18-30(25)34)32(38)24-37(27-16-9-6-10-17-27)43(40,41)29-21-19-28(20-22-29)42-4-2/h6,9-13,16-22,26,31H,3-5,7-8,14-15,23-24H2,1-2H3,(H,35,39)/t31-/m0/s1. The molecule has 3 aromatic rings. The summed E-state index contributed by atoms with van der Waals surface area (Å²) in [5.74, 6) is -0.205. The van der Waals surface area contributed by atoms with E-state index in [9.17, 15) is 18.0 Å². The largest absolute Gasteiger partial charge is 0.494 e. The zero-order chi connectivity index (χ0) is 30.8. The molecule has 1 aliphatic carbocycles. The maximum Gasteiger partial charge on any atom is 0.264 e. The molecule has 2 amide bonds. The zero-order valence-corrected chi connectivity index (χ0v) is 26.3. The fourth-order valence-electron chi connectivity index (χ4n) is 5.40. The number of amides is 2. The average Bonchev–Trinajstić information content (AvgIpc) is 3.02. The van der Waals surface area contributed by atoms with Crippen molar-refractivity contribution >= 4 is 39.1 Å². The van der Waals surface area contributed by atoms with Crippen LogP contribution in [0.2, 0.25) is 5.02 Å². The minimum atomic E-state index is -4.17. The summed E-state index contributed by atoms with van der Waals surface area (Å²) >= 11 is 6.49. The third kappa shape index (κ3) is 8.30. The Hall–Kier alpha value is -3.56. The second-order valence-corrected chi connectivity index (χ2v) is 12.9. The second kappa shape index (κ2) is 15.3. The normalized spacial score (nSPS) is 14.5. The molecule has 1 fully saturated rings. The molecule has 0 saturated heterocycles. The lowest BCUT2D eigenvalue weighted by atomic mass is 9.95. The molecular weight excluding hydrogens is 586 g/mol. The van der Waals surface area contributed by atoms with E-state index in [0.29, 0.717) is 35.1 Å². The zero-order valence-electron chi connectivity index (χ0n) is 24.7. The fraction of sp³-hybridized carbons (Fsp3) is 0.394. The predicted octanol–water partition coefficient (Wildman–Crippen LogP) is 6.19. The average molecular weight is 626 g/mol. The van der Waals surface area contributed by atoms with E-state index in [1.165, 1.54) is 17.0 Å². The Bertz CT molecular complexity index is 1460. The minimum Gasteiger partial charge on any atom is -0.494 e. The molecule has 230 valence electrons. The molecule has 10 heteroatoms. The molecule has 0 aromatic heterocycles. The molecule has 0 spiro atoms. The van der Waals surface area contributed by atoms with Crippen molar-refractivity contribution in [1.82, 2.24) is 10.2 Å². The smallest absolute Gasteiger partial charge is 0.264 e. The van der Waals surface area contributed by atoms with Crippen LogP contribution in [0.1, 0.15) is 57.9 Å². The van der Waals surface area contributed by atoms with E-state index >= 15 is 0 Å². The third-order valence-electron chi connectivity index (χ3n) is 7.68. The van der Waals surface area contributed by atoms with Crippen LogP contribution in [-0.4, -0.2) is 50.4 Å². The number of carbonyl (C=O) groups is 2. The quantitative estimate of drug-likeness (QED) is 0.244. The number of halogens is 1. The second-order valence-electron chi connectivity index (χ2n) is 10.6. The summed E-state index contributed by atoms with van der Waals surface area (Å²) < 4.78 is 34.6. The molecule has 4 rings (SSSR count). The molecule has 0 aliphatic heterocycles. The highest BCUT2D eigenvalue weighted by Gasteiger charge is 2.34. The Balaban J connectivity index is 1.68. The highest BCUT2D eigenvalue weighted by molar-refractivity contribution is 7.92. The first-order valence-electron chi connectivity index (χ1n) is 14.9. The molecule has 3 aromatic carbocycles. The Labute approximate surface area is 260 Å². The van der Waals surface area contributed by atoms with Gasteiger partial charge in [0.2, 0.25) is 11.8 Å². The molecule has 1 saturated carbocycles. The summed E-state index contributed by atoms with van der Waals surface area (Å²) in [4.78, 5) is 29.4. The van der Waals surface area contributed by atoms with Crippen LogP contribution in [0.5, 0.6) is 5.75 Å². The van der Waals surface area contributed by atoms with Crippen molar-refractivity contribution in [1.29, 1.82) is 0 Å². The molecule has 0 radical (unpaired) electrons. The number of hydrogen-bond donors (Lipinski definition) is 1. The maximum atomic E-state index is 14.2. The first-order valence-corrected chi connectivity index (χ1v) is 16.7. The van der Waals surface area contributed by atoms with Gasteiger partial charge in [0.25, 0.3) is 10.0 Å². The van der Waals surface area contributed by atoms with E-state index in [2.05, 4.69) is 5.32 Å². The van der Waals surface area contributed by atoms with Crippen LogP contribution in [0.4, 0.5) is 5.69 Å². The number of hydrogen-bond acceptors (Lipinski definition) is 5. The third-order valence-corrected chi connectivity index (χ3v) is 9.84. The molecule has 0 unspecified atom stereocenters. The van der Waals surface area contributed by atoms with Crippen LogP contribution >= 0.6 is 11.6 Å². The SMILES string of the molecule is CCOc1ccc(S(=O)(=O)N(CC(=O)N(Cc2ccccc2Cl)[C@@H](CC)C(=O)NC2CCCCC2)c2ccccc2)cc1. The number of nitrogens with zero attached hydrogens (tertiary/aromatic N) is 2. The van der Waals surface area contributed by atoms with Crippen molar-refractivity contribution in [3.8, 4) is 5.75 Å². The van der Waals surface area contributed by atoms with Gasteiger partial charge in [-0.3, -0.25) is 13.9 Å². The first kappa shape index (κ1) is 32.4. The molecular formula is C33H40ClN3O5S. The Morgan fingerprint density at radius 1 is 0.930 bits per heavy atom. The van der Waals surface area contributed by atoms with Gasteiger partial charge in [-0.25, -0.2) is 8.42 Å². The van der Waals surface area contributed by atoms with Crippen molar-refractivity contribution in [3.63, 3.8) is 0 Å². The summed E-state index contributed by atoms with van der Waals surface area (Å²) in [6, 6.07) is 21.0. The first-order chi connectivity index (χ1) is 20.7. The molecule has 1 aliphatic rings. The van der Waals surface area contributed by atoms with Crippen LogP contribution in [0, 0.1) is 0 Å². The lowest BCUT2D eigenvalue weighted by molar-refractivity contribution is -0.140.